The van der Waals surface area contributed by atoms with Crippen LogP contribution >= 0.6 is 0 Å². The second kappa shape index (κ2) is 11.0. The Morgan fingerprint density at radius 1 is 1.03 bits per heavy atom. The van der Waals surface area contributed by atoms with Gasteiger partial charge in [-0.15, -0.1) is 0 Å². The number of methoxy groups -OCH3 is 1. The van der Waals surface area contributed by atoms with Crippen molar-refractivity contribution in [3.8, 4) is 11.5 Å². The number of anilines is 1. The Morgan fingerprint density at radius 2 is 1.72 bits per heavy atom. The maximum atomic E-state index is 13.9. The van der Waals surface area contributed by atoms with Crippen LogP contribution in [0.3, 0.4) is 0 Å². The summed E-state index contributed by atoms with van der Waals surface area (Å²) < 4.78 is 24.7. The number of hydrogen-bond donors (Lipinski definition) is 0. The standard InChI is InChI=1S/C28H27FN2O5/c1-3-15-36-24-13-9-22(10-14-24)31-26(32)17-25(28(31)34)30(18-19-7-11-23(35-2)12-8-19)27(33)20-5-4-6-21(29)16-20/h4-14,16,25H,3,15,17-18H2,1-2H3/t25-/m0/s1. The van der Waals surface area contributed by atoms with E-state index in [9.17, 15) is 18.8 Å². The van der Waals surface area contributed by atoms with Crippen molar-refractivity contribution in [2.45, 2.75) is 32.4 Å². The van der Waals surface area contributed by atoms with Crippen molar-refractivity contribution in [2.24, 2.45) is 0 Å². The first-order valence-electron chi connectivity index (χ1n) is 11.7. The predicted octanol–water partition coefficient (Wildman–Crippen LogP) is 4.60. The van der Waals surface area contributed by atoms with Gasteiger partial charge in [-0.2, -0.15) is 0 Å². The molecule has 1 aliphatic rings. The van der Waals surface area contributed by atoms with Crippen LogP contribution in [0.15, 0.2) is 72.8 Å². The molecule has 1 atom stereocenters. The molecule has 7 nitrogen and oxygen atoms in total. The smallest absolute Gasteiger partial charge is 0.257 e. The molecule has 0 unspecified atom stereocenters. The predicted molar refractivity (Wildman–Crippen MR) is 132 cm³/mol. The number of hydrogen-bond acceptors (Lipinski definition) is 5. The number of amides is 3. The summed E-state index contributed by atoms with van der Waals surface area (Å²) in [4.78, 5) is 42.4. The normalized spacial score (nSPS) is 15.2. The van der Waals surface area contributed by atoms with Crippen molar-refractivity contribution < 1.29 is 28.2 Å². The summed E-state index contributed by atoms with van der Waals surface area (Å²) in [6.45, 7) is 2.62. The highest BCUT2D eigenvalue weighted by molar-refractivity contribution is 6.23. The van der Waals surface area contributed by atoms with Gasteiger partial charge < -0.3 is 14.4 Å². The molecule has 1 heterocycles. The summed E-state index contributed by atoms with van der Waals surface area (Å²) in [5, 5.41) is 0. The third kappa shape index (κ3) is 5.38. The van der Waals surface area contributed by atoms with E-state index in [-0.39, 0.29) is 18.5 Å². The summed E-state index contributed by atoms with van der Waals surface area (Å²) >= 11 is 0. The highest BCUT2D eigenvalue weighted by Gasteiger charge is 2.44. The van der Waals surface area contributed by atoms with Crippen LogP contribution in [0.4, 0.5) is 10.1 Å². The fourth-order valence-corrected chi connectivity index (χ4v) is 4.08. The molecule has 186 valence electrons. The monoisotopic (exact) mass is 490 g/mol. The molecular formula is C28H27FN2O5. The Hall–Kier alpha value is -4.20. The lowest BCUT2D eigenvalue weighted by Crippen LogP contribution is -2.45. The first-order chi connectivity index (χ1) is 17.4. The average molecular weight is 491 g/mol. The van der Waals surface area contributed by atoms with Crippen LogP contribution in [-0.4, -0.2) is 42.4 Å². The van der Waals surface area contributed by atoms with Crippen LogP contribution in [-0.2, 0) is 16.1 Å². The number of halogens is 1. The second-order valence-corrected chi connectivity index (χ2v) is 8.42. The molecule has 0 aromatic heterocycles. The fourth-order valence-electron chi connectivity index (χ4n) is 4.08. The van der Waals surface area contributed by atoms with E-state index < -0.39 is 29.6 Å². The van der Waals surface area contributed by atoms with Crippen LogP contribution in [0.1, 0.15) is 35.7 Å². The Labute approximate surface area is 209 Å². The number of imide groups is 1. The van der Waals surface area contributed by atoms with Crippen molar-refractivity contribution in [2.75, 3.05) is 18.6 Å². The van der Waals surface area contributed by atoms with E-state index >= 15 is 0 Å². The van der Waals surface area contributed by atoms with E-state index in [0.717, 1.165) is 23.0 Å². The van der Waals surface area contributed by atoms with Gasteiger partial charge in [-0.1, -0.05) is 25.1 Å². The Bertz CT molecular complexity index is 1240. The Balaban J connectivity index is 1.63. The second-order valence-electron chi connectivity index (χ2n) is 8.42. The zero-order valence-electron chi connectivity index (χ0n) is 20.1. The minimum absolute atomic E-state index is 0.0562. The molecule has 3 amide bonds. The highest BCUT2D eigenvalue weighted by atomic mass is 19.1. The van der Waals surface area contributed by atoms with Gasteiger partial charge in [0.25, 0.3) is 11.8 Å². The van der Waals surface area contributed by atoms with Crippen molar-refractivity contribution >= 4 is 23.4 Å². The largest absolute Gasteiger partial charge is 0.497 e. The van der Waals surface area contributed by atoms with Crippen LogP contribution in [0.2, 0.25) is 0 Å². The van der Waals surface area contributed by atoms with Gasteiger partial charge in [0, 0.05) is 12.1 Å². The van der Waals surface area contributed by atoms with Crippen molar-refractivity contribution in [1.82, 2.24) is 4.90 Å². The van der Waals surface area contributed by atoms with E-state index in [2.05, 4.69) is 0 Å². The average Bonchev–Trinajstić information content (AvgIpc) is 3.19. The number of carbonyl (C=O) groups excluding carboxylic acids is 3. The SMILES string of the molecule is CCCOc1ccc(N2C(=O)C[C@H](N(Cc3ccc(OC)cc3)C(=O)c3cccc(F)c3)C2=O)cc1. The lowest BCUT2D eigenvalue weighted by molar-refractivity contribution is -0.122. The maximum Gasteiger partial charge on any atom is 0.257 e. The molecule has 0 radical (unpaired) electrons. The van der Waals surface area contributed by atoms with Gasteiger partial charge in [-0.3, -0.25) is 14.4 Å². The molecule has 4 rings (SSSR count). The van der Waals surface area contributed by atoms with Gasteiger partial charge in [-0.05, 0) is 66.6 Å². The topological polar surface area (TPSA) is 76.2 Å². The molecule has 0 aliphatic carbocycles. The third-order valence-electron chi connectivity index (χ3n) is 5.91. The molecule has 36 heavy (non-hydrogen) atoms. The minimum atomic E-state index is -1.04. The van der Waals surface area contributed by atoms with Gasteiger partial charge in [0.2, 0.25) is 5.91 Å². The Morgan fingerprint density at radius 3 is 2.36 bits per heavy atom. The van der Waals surface area contributed by atoms with Crippen LogP contribution in [0.25, 0.3) is 0 Å². The van der Waals surface area contributed by atoms with E-state index in [4.69, 9.17) is 9.47 Å². The molecule has 0 bridgehead atoms. The molecule has 3 aromatic rings. The maximum absolute atomic E-state index is 13.9. The Kier molecular flexibility index (Phi) is 7.63. The van der Waals surface area contributed by atoms with Crippen molar-refractivity contribution in [3.05, 3.63) is 89.7 Å². The van der Waals surface area contributed by atoms with Crippen LogP contribution in [0, 0.1) is 5.82 Å². The van der Waals surface area contributed by atoms with E-state index in [0.29, 0.717) is 23.8 Å². The van der Waals surface area contributed by atoms with Gasteiger partial charge in [-0.25, -0.2) is 9.29 Å². The summed E-state index contributed by atoms with van der Waals surface area (Å²) in [5.41, 5.74) is 1.23. The van der Waals surface area contributed by atoms with E-state index in [1.165, 1.54) is 23.1 Å². The number of carbonyl (C=O) groups is 3. The quantitative estimate of drug-likeness (QED) is 0.410. The number of nitrogens with zero attached hydrogens (tertiary/aromatic N) is 2. The lowest BCUT2D eigenvalue weighted by Gasteiger charge is -2.28. The molecule has 8 heteroatoms. The highest BCUT2D eigenvalue weighted by Crippen LogP contribution is 2.29. The molecule has 0 saturated carbocycles. The van der Waals surface area contributed by atoms with Crippen LogP contribution in [0.5, 0.6) is 11.5 Å². The van der Waals surface area contributed by atoms with E-state index in [1.54, 1.807) is 55.6 Å². The minimum Gasteiger partial charge on any atom is -0.497 e. The third-order valence-corrected chi connectivity index (χ3v) is 5.91. The van der Waals surface area contributed by atoms with Crippen molar-refractivity contribution in [1.29, 1.82) is 0 Å². The molecule has 0 spiro atoms. The number of benzene rings is 3. The van der Waals surface area contributed by atoms with Gasteiger partial charge in [0.15, 0.2) is 0 Å². The first-order valence-corrected chi connectivity index (χ1v) is 11.7. The summed E-state index contributed by atoms with van der Waals surface area (Å²) in [5.74, 6) is -0.753. The molecular weight excluding hydrogens is 463 g/mol. The number of ether oxygens (including phenoxy) is 2. The van der Waals surface area contributed by atoms with Gasteiger partial charge in [0.1, 0.15) is 23.4 Å². The lowest BCUT2D eigenvalue weighted by atomic mass is 10.1. The molecule has 1 fully saturated rings. The zero-order chi connectivity index (χ0) is 25.7. The zero-order valence-corrected chi connectivity index (χ0v) is 20.1. The van der Waals surface area contributed by atoms with Gasteiger partial charge >= 0.3 is 0 Å². The van der Waals surface area contributed by atoms with Gasteiger partial charge in [0.05, 0.1) is 25.8 Å². The molecule has 0 N–H and O–H groups in total. The summed E-state index contributed by atoms with van der Waals surface area (Å²) in [7, 11) is 1.55. The number of rotatable bonds is 9. The fraction of sp³-hybridized carbons (Fsp3) is 0.250. The van der Waals surface area contributed by atoms with Crippen LogP contribution < -0.4 is 14.4 Å². The summed E-state index contributed by atoms with van der Waals surface area (Å²) in [6, 6.07) is 18.0. The van der Waals surface area contributed by atoms with E-state index in [1.807, 2.05) is 6.92 Å². The molecule has 1 aliphatic heterocycles. The summed E-state index contributed by atoms with van der Waals surface area (Å²) in [6.07, 6.45) is 0.681. The first kappa shape index (κ1) is 24.9. The van der Waals surface area contributed by atoms with Crippen molar-refractivity contribution in [3.63, 3.8) is 0 Å². The molecule has 3 aromatic carbocycles. The molecule has 1 saturated heterocycles.